The largest absolute Gasteiger partial charge is 0.288 e. The van der Waals surface area contributed by atoms with Gasteiger partial charge >= 0.3 is 0 Å². The molecule has 192 valence electrons. The lowest BCUT2D eigenvalue weighted by molar-refractivity contribution is -0.385. The predicted octanol–water partition coefficient (Wildman–Crippen LogP) is 3.50. The highest BCUT2D eigenvalue weighted by molar-refractivity contribution is 6.23. The van der Waals surface area contributed by atoms with Gasteiger partial charge in [0, 0.05) is 23.3 Å². The van der Waals surface area contributed by atoms with E-state index in [9.17, 15) is 39.4 Å². The molecule has 2 aromatic rings. The first kappa shape index (κ1) is 25.6. The lowest BCUT2D eigenvalue weighted by Crippen LogP contribution is -2.23. The first-order valence-corrected chi connectivity index (χ1v) is 11.6. The number of carbonyl (C=O) groups is 4. The van der Waals surface area contributed by atoms with Gasteiger partial charge in [0.15, 0.2) is 0 Å². The summed E-state index contributed by atoms with van der Waals surface area (Å²) in [5, 5.41) is 27.6. The van der Waals surface area contributed by atoms with Crippen molar-refractivity contribution < 1.29 is 29.0 Å². The van der Waals surface area contributed by atoms with Crippen LogP contribution in [0.5, 0.6) is 0 Å². The average Bonchev–Trinajstić information content (AvgIpc) is 3.25. The van der Waals surface area contributed by atoms with E-state index in [4.69, 9.17) is 0 Å². The van der Waals surface area contributed by atoms with E-state index < -0.39 is 38.9 Å². The number of carbonyl (C=O) groups excluding carboxylic acids is 4. The van der Waals surface area contributed by atoms with Gasteiger partial charge in [0.1, 0.15) is 0 Å². The summed E-state index contributed by atoms with van der Waals surface area (Å²) in [7, 11) is 0. The van der Waals surface area contributed by atoms with Crippen molar-refractivity contribution in [3.05, 3.63) is 77.9 Å². The van der Waals surface area contributed by atoms with E-state index in [0.29, 0.717) is 12.8 Å². The lowest BCUT2D eigenvalue weighted by atomic mass is 9.75. The molecule has 0 saturated carbocycles. The second-order valence-electron chi connectivity index (χ2n) is 10.2. The van der Waals surface area contributed by atoms with Gasteiger partial charge in [-0.3, -0.25) is 50.0 Å². The van der Waals surface area contributed by atoms with Crippen LogP contribution < -0.4 is 10.6 Å². The number of amides is 4. The van der Waals surface area contributed by atoms with Crippen molar-refractivity contribution in [3.63, 3.8) is 0 Å². The Morgan fingerprint density at radius 1 is 0.784 bits per heavy atom. The van der Waals surface area contributed by atoms with Crippen LogP contribution in [0.15, 0.2) is 24.3 Å². The number of hydrogen-bond donors (Lipinski definition) is 2. The van der Waals surface area contributed by atoms with Crippen molar-refractivity contribution in [1.82, 2.24) is 10.6 Å². The fourth-order valence-electron chi connectivity index (χ4n) is 5.40. The number of nitro benzene ring substituents is 2. The number of fused-ring (bicyclic) bond motifs is 2. The number of nitrogens with zero attached hydrogens (tertiary/aromatic N) is 2. The molecular weight excluding hydrogens is 484 g/mol. The van der Waals surface area contributed by atoms with E-state index in [0.717, 1.165) is 0 Å². The van der Waals surface area contributed by atoms with Crippen LogP contribution >= 0.6 is 0 Å². The van der Waals surface area contributed by atoms with E-state index >= 15 is 0 Å². The average molecular weight is 508 g/mol. The molecule has 0 bridgehead atoms. The van der Waals surface area contributed by atoms with Crippen molar-refractivity contribution in [2.45, 2.75) is 46.5 Å². The van der Waals surface area contributed by atoms with Gasteiger partial charge in [0.25, 0.3) is 35.0 Å². The van der Waals surface area contributed by atoms with Gasteiger partial charge in [-0.25, -0.2) is 0 Å². The molecule has 0 saturated heterocycles. The molecule has 0 spiro atoms. The van der Waals surface area contributed by atoms with Crippen LogP contribution in [0.1, 0.15) is 86.2 Å². The summed E-state index contributed by atoms with van der Waals surface area (Å²) in [6.45, 7) is 5.69. The minimum atomic E-state index is -0.666. The van der Waals surface area contributed by atoms with Crippen molar-refractivity contribution in [3.8, 4) is 0 Å². The van der Waals surface area contributed by atoms with Gasteiger partial charge < -0.3 is 0 Å². The molecular formula is C25H24N4O8. The molecule has 2 aliphatic rings. The number of nitro groups is 2. The topological polar surface area (TPSA) is 179 Å². The van der Waals surface area contributed by atoms with Crippen molar-refractivity contribution >= 4 is 35.0 Å². The molecule has 0 radical (unpaired) electrons. The van der Waals surface area contributed by atoms with Crippen LogP contribution in [0.2, 0.25) is 0 Å². The number of nitrogens with one attached hydrogen (secondary N) is 2. The van der Waals surface area contributed by atoms with Crippen molar-refractivity contribution in [2.24, 2.45) is 11.3 Å². The van der Waals surface area contributed by atoms with Crippen LogP contribution in [0.25, 0.3) is 0 Å². The summed E-state index contributed by atoms with van der Waals surface area (Å²) < 4.78 is 0. The highest BCUT2D eigenvalue weighted by Crippen LogP contribution is 2.38. The van der Waals surface area contributed by atoms with Crippen LogP contribution in [-0.4, -0.2) is 33.5 Å². The van der Waals surface area contributed by atoms with Crippen LogP contribution in [-0.2, 0) is 12.8 Å². The number of benzene rings is 2. The monoisotopic (exact) mass is 508 g/mol. The second-order valence-corrected chi connectivity index (χ2v) is 10.2. The van der Waals surface area contributed by atoms with E-state index in [-0.39, 0.29) is 63.5 Å². The summed E-state index contributed by atoms with van der Waals surface area (Å²) >= 11 is 0. The molecule has 4 amide bonds. The minimum absolute atomic E-state index is 0.0195. The first-order chi connectivity index (χ1) is 17.3. The maximum absolute atomic E-state index is 12.4. The molecule has 4 rings (SSSR count). The van der Waals surface area contributed by atoms with E-state index in [2.05, 4.69) is 10.6 Å². The fraction of sp³-hybridized carbons (Fsp3) is 0.360. The molecule has 2 heterocycles. The number of rotatable bonds is 9. The third-order valence-electron chi connectivity index (χ3n) is 6.81. The molecule has 2 aliphatic heterocycles. The van der Waals surface area contributed by atoms with Gasteiger partial charge in [-0.1, -0.05) is 20.8 Å². The van der Waals surface area contributed by atoms with Crippen LogP contribution in [0.4, 0.5) is 11.4 Å². The predicted molar refractivity (Wildman–Crippen MR) is 129 cm³/mol. The fourth-order valence-corrected chi connectivity index (χ4v) is 5.40. The summed E-state index contributed by atoms with van der Waals surface area (Å²) in [5.74, 6) is -2.56. The van der Waals surface area contributed by atoms with Gasteiger partial charge in [0.2, 0.25) is 0 Å². The van der Waals surface area contributed by atoms with E-state index in [1.807, 2.05) is 20.8 Å². The van der Waals surface area contributed by atoms with Crippen LogP contribution in [0, 0.1) is 31.6 Å². The highest BCUT2D eigenvalue weighted by Gasteiger charge is 2.37. The molecule has 0 fully saturated rings. The summed E-state index contributed by atoms with van der Waals surface area (Å²) in [6.07, 6.45) is 1.29. The van der Waals surface area contributed by atoms with Crippen LogP contribution in [0.3, 0.4) is 0 Å². The lowest BCUT2D eigenvalue weighted by Gasteiger charge is -2.29. The Bertz CT molecular complexity index is 1410. The summed E-state index contributed by atoms with van der Waals surface area (Å²) in [5.41, 5.74) is -0.385. The Labute approximate surface area is 210 Å². The Balaban J connectivity index is 1.56. The Morgan fingerprint density at radius 2 is 1.24 bits per heavy atom. The zero-order valence-electron chi connectivity index (χ0n) is 20.4. The van der Waals surface area contributed by atoms with Gasteiger partial charge in [-0.05, 0) is 49.1 Å². The third kappa shape index (κ3) is 4.69. The number of imide groups is 2. The Kier molecular flexibility index (Phi) is 6.36. The molecule has 12 nitrogen and oxygen atoms in total. The van der Waals surface area contributed by atoms with E-state index in [1.165, 1.54) is 24.3 Å². The molecule has 1 unspecified atom stereocenters. The third-order valence-corrected chi connectivity index (χ3v) is 6.81. The summed E-state index contributed by atoms with van der Waals surface area (Å²) in [6, 6.07) is 5.00. The van der Waals surface area contributed by atoms with Gasteiger partial charge in [-0.2, -0.15) is 0 Å². The van der Waals surface area contributed by atoms with E-state index in [1.54, 1.807) is 0 Å². The van der Waals surface area contributed by atoms with Gasteiger partial charge in [-0.15, -0.1) is 0 Å². The molecule has 0 aromatic heterocycles. The smallest absolute Gasteiger partial charge is 0.273 e. The van der Waals surface area contributed by atoms with Crippen molar-refractivity contribution in [2.75, 3.05) is 0 Å². The number of hydrogen-bond acceptors (Lipinski definition) is 8. The minimum Gasteiger partial charge on any atom is -0.288 e. The molecule has 1 atom stereocenters. The zero-order valence-corrected chi connectivity index (χ0v) is 20.4. The Morgan fingerprint density at radius 3 is 1.73 bits per heavy atom. The molecule has 12 heteroatoms. The quantitative estimate of drug-likeness (QED) is 0.293. The maximum Gasteiger partial charge on any atom is 0.273 e. The first-order valence-electron chi connectivity index (χ1n) is 11.6. The normalized spacial score (nSPS) is 15.2. The molecule has 37 heavy (non-hydrogen) atoms. The molecule has 0 aliphatic carbocycles. The van der Waals surface area contributed by atoms with Gasteiger partial charge in [0.05, 0.1) is 32.1 Å². The maximum atomic E-state index is 12.4. The standard InChI is InChI=1S/C25H24N4O8/c1-12(4-5-13-17(28(34)35)8-6-14-19(13)23(32)26-21(14)30)10-25(2,3)11-16-18(29(36)37)9-7-15-20(16)24(33)27-22(15)31/h6-9,12H,4-5,10-11H2,1-3H3,(H,26,30,32)(H,27,31,33). The Hall–Kier alpha value is -4.48. The molecule has 2 aromatic carbocycles. The summed E-state index contributed by atoms with van der Waals surface area (Å²) in [4.78, 5) is 70.9. The zero-order chi connectivity index (χ0) is 27.2. The highest BCUT2D eigenvalue weighted by atomic mass is 16.6. The second kappa shape index (κ2) is 9.19. The SMILES string of the molecule is CC(CCc1c([N+](=O)[O-])ccc2c1C(=O)NC2=O)CC(C)(C)Cc1c([N+](=O)[O-])ccc2c1C(=O)NC2=O. The van der Waals surface area contributed by atoms with Crippen molar-refractivity contribution in [1.29, 1.82) is 0 Å². The molecule has 2 N–H and O–H groups in total.